The van der Waals surface area contributed by atoms with E-state index in [2.05, 4.69) is 27.8 Å². The van der Waals surface area contributed by atoms with Crippen LogP contribution in [-0.4, -0.2) is 104 Å². The number of hydrogen-bond donors (Lipinski definition) is 4. The Morgan fingerprint density at radius 3 is 2.14 bits per heavy atom. The zero-order valence-electron chi connectivity index (χ0n) is 31.0. The number of carbonyl (C=O) groups is 5. The minimum atomic E-state index is -3.50. The summed E-state index contributed by atoms with van der Waals surface area (Å²) < 4.78 is 25.6. The molecule has 4 N–H and O–H groups in total. The molecule has 282 valence electrons. The van der Waals surface area contributed by atoms with Gasteiger partial charge >= 0.3 is 6.03 Å². The summed E-state index contributed by atoms with van der Waals surface area (Å²) >= 11 is 0. The summed E-state index contributed by atoms with van der Waals surface area (Å²) in [6.07, 6.45) is 11.5. The van der Waals surface area contributed by atoms with Gasteiger partial charge in [-0.1, -0.05) is 70.6 Å². The average molecular weight is 721 g/mol. The van der Waals surface area contributed by atoms with Crippen molar-refractivity contribution in [1.82, 2.24) is 30.5 Å². The van der Waals surface area contributed by atoms with Crippen molar-refractivity contribution >= 4 is 39.6 Å². The monoisotopic (exact) mass is 720 g/mol. The number of ketones is 1. The fraction of sp³-hybridized carbons (Fsp3) is 0.750. The van der Waals surface area contributed by atoms with E-state index < -0.39 is 63.2 Å². The Balaban J connectivity index is 1.90. The molecule has 3 fully saturated rings. The third-order valence-electron chi connectivity index (χ3n) is 10.1. The zero-order valence-corrected chi connectivity index (χ0v) is 31.9. The molecule has 1 heterocycles. The number of sulfonamides is 1. The van der Waals surface area contributed by atoms with Crippen LogP contribution in [0.5, 0.6) is 0 Å². The lowest BCUT2D eigenvalue weighted by Gasteiger charge is -2.37. The molecule has 1 unspecified atom stereocenters. The van der Waals surface area contributed by atoms with Gasteiger partial charge in [0.2, 0.25) is 27.6 Å². The number of likely N-dealkylation sites (N-methyl/N-ethyl adjacent to an activating group) is 1. The minimum absolute atomic E-state index is 0.0445. The second-order valence-electron chi connectivity index (χ2n) is 15.7. The van der Waals surface area contributed by atoms with Gasteiger partial charge in [0, 0.05) is 38.6 Å². The molecule has 0 aromatic heterocycles. The van der Waals surface area contributed by atoms with Crippen LogP contribution < -0.4 is 21.3 Å². The van der Waals surface area contributed by atoms with Gasteiger partial charge in [0.1, 0.15) is 12.1 Å². The summed E-state index contributed by atoms with van der Waals surface area (Å²) in [6.45, 7) is 13.6. The molecular weight excluding hydrogens is 660 g/mol. The Hall–Kier alpha value is -3.26. The van der Waals surface area contributed by atoms with Gasteiger partial charge in [0.15, 0.2) is 0 Å². The van der Waals surface area contributed by atoms with Crippen molar-refractivity contribution in [3.63, 3.8) is 0 Å². The van der Waals surface area contributed by atoms with E-state index in [9.17, 15) is 32.4 Å². The molecule has 3 rings (SSSR count). The number of allylic oxidation sites excluding steroid dienone is 1. The van der Waals surface area contributed by atoms with Crippen LogP contribution in [0, 0.1) is 23.2 Å². The maximum absolute atomic E-state index is 14.6. The molecule has 0 spiro atoms. The van der Waals surface area contributed by atoms with Crippen molar-refractivity contribution < 1.29 is 32.4 Å². The van der Waals surface area contributed by atoms with Gasteiger partial charge in [-0.15, -0.1) is 6.58 Å². The number of Topliss-reactive ketones (excluding diaryl/α,β-unsaturated/α-hetero) is 1. The molecule has 5 amide bonds. The van der Waals surface area contributed by atoms with Crippen molar-refractivity contribution in [1.29, 1.82) is 0 Å². The first-order valence-electron chi connectivity index (χ1n) is 18.0. The molecular formula is C36H60N6O7S. The predicted octanol–water partition coefficient (Wildman–Crippen LogP) is 2.88. The first kappa shape index (κ1) is 41.2. The maximum Gasteiger partial charge on any atom is 0.315 e. The first-order valence-corrected chi connectivity index (χ1v) is 19.9. The minimum Gasteiger partial charge on any atom is -0.346 e. The average Bonchev–Trinajstić information content (AvgIpc) is 3.76. The van der Waals surface area contributed by atoms with E-state index in [-0.39, 0.29) is 43.3 Å². The van der Waals surface area contributed by atoms with Crippen LogP contribution in [0.3, 0.4) is 0 Å². The third-order valence-corrected chi connectivity index (χ3v) is 11.4. The topological polar surface area (TPSA) is 174 Å². The number of hydrogen-bond acceptors (Lipinski definition) is 7. The Kier molecular flexibility index (Phi) is 14.6. The summed E-state index contributed by atoms with van der Waals surface area (Å²) in [5, 5.41) is 11.2. The molecule has 14 heteroatoms. The van der Waals surface area contributed by atoms with E-state index >= 15 is 0 Å². The summed E-state index contributed by atoms with van der Waals surface area (Å²) in [5.41, 5.74) is 0.470. The highest BCUT2D eigenvalue weighted by molar-refractivity contribution is 7.88. The van der Waals surface area contributed by atoms with Crippen LogP contribution in [-0.2, 0) is 29.2 Å². The highest BCUT2D eigenvalue weighted by Gasteiger charge is 2.46. The lowest BCUT2D eigenvalue weighted by molar-refractivity contribution is -0.144. The third kappa shape index (κ3) is 11.9. The number of nitrogens with one attached hydrogen (secondary N) is 4. The molecule has 1 saturated heterocycles. The van der Waals surface area contributed by atoms with Crippen LogP contribution in [0.25, 0.3) is 0 Å². The van der Waals surface area contributed by atoms with Gasteiger partial charge in [-0.3, -0.25) is 19.2 Å². The number of carbonyl (C=O) groups excluding carboxylic acids is 5. The second kappa shape index (κ2) is 17.8. The number of rotatable bonds is 16. The molecule has 13 nitrogen and oxygen atoms in total. The van der Waals surface area contributed by atoms with Crippen LogP contribution >= 0.6 is 0 Å². The van der Waals surface area contributed by atoms with Crippen molar-refractivity contribution in [3.05, 3.63) is 24.3 Å². The highest BCUT2D eigenvalue weighted by atomic mass is 32.2. The predicted molar refractivity (Wildman–Crippen MR) is 193 cm³/mol. The highest BCUT2D eigenvalue weighted by Crippen LogP contribution is 2.35. The fourth-order valence-electron chi connectivity index (χ4n) is 6.88. The zero-order chi connectivity index (χ0) is 37.4. The lowest BCUT2D eigenvalue weighted by Crippen LogP contribution is -2.61. The van der Waals surface area contributed by atoms with E-state index in [1.807, 2.05) is 40.7 Å². The van der Waals surface area contributed by atoms with Crippen molar-refractivity contribution in [2.75, 3.05) is 32.9 Å². The van der Waals surface area contributed by atoms with Crippen molar-refractivity contribution in [2.24, 2.45) is 23.2 Å². The molecule has 0 aromatic carbocycles. The Bertz CT molecular complexity index is 1390. The summed E-state index contributed by atoms with van der Waals surface area (Å²) in [4.78, 5) is 69.8. The lowest BCUT2D eigenvalue weighted by atomic mass is 9.83. The number of urea groups is 1. The Morgan fingerprint density at radius 2 is 1.60 bits per heavy atom. The van der Waals surface area contributed by atoms with E-state index in [4.69, 9.17) is 0 Å². The van der Waals surface area contributed by atoms with E-state index in [1.54, 1.807) is 0 Å². The Morgan fingerprint density at radius 1 is 0.960 bits per heavy atom. The van der Waals surface area contributed by atoms with Crippen molar-refractivity contribution in [2.45, 2.75) is 117 Å². The van der Waals surface area contributed by atoms with Crippen LogP contribution in [0.1, 0.15) is 92.4 Å². The molecule has 0 radical (unpaired) electrons. The van der Waals surface area contributed by atoms with Crippen molar-refractivity contribution in [3.8, 4) is 0 Å². The standard InChI is InChI=1S/C36H60N6O7S/c1-9-18-37-33(45)31(43)27(21-24-15-16-24)38-32(44)30-26(20-23(2)3)17-19-42(30)34(46)29(25-13-11-10-12-14-25)40-35(47)39-28(36(4,5)6)22-41(7)50(8,48)49/h9,20,24-30H,1,10-19,21-22H2,2-8H3,(H,37,45)(H,38,44)(H2,39,40,47)/t26-,27?,28-,29+,30+/m1/s1. The fourth-order valence-corrected chi connectivity index (χ4v) is 7.30. The summed E-state index contributed by atoms with van der Waals surface area (Å²) in [7, 11) is -2.04. The summed E-state index contributed by atoms with van der Waals surface area (Å²) in [5.74, 6) is -2.64. The van der Waals surface area contributed by atoms with Gasteiger partial charge in [0.25, 0.3) is 5.91 Å². The smallest absolute Gasteiger partial charge is 0.315 e. The first-order chi connectivity index (χ1) is 23.3. The van der Waals surface area contributed by atoms with E-state index in [1.165, 1.54) is 22.3 Å². The van der Waals surface area contributed by atoms with Gasteiger partial charge < -0.3 is 26.2 Å². The Labute approximate surface area is 298 Å². The van der Waals surface area contributed by atoms with Gasteiger partial charge in [-0.25, -0.2) is 17.5 Å². The molecule has 2 aliphatic carbocycles. The van der Waals surface area contributed by atoms with E-state index in [0.29, 0.717) is 12.8 Å². The van der Waals surface area contributed by atoms with Gasteiger partial charge in [-0.05, 0) is 56.8 Å². The molecule has 50 heavy (non-hydrogen) atoms. The molecule has 0 aromatic rings. The van der Waals surface area contributed by atoms with Gasteiger partial charge in [-0.2, -0.15) is 0 Å². The number of amides is 5. The molecule has 1 aliphatic heterocycles. The van der Waals surface area contributed by atoms with E-state index in [0.717, 1.165) is 56.8 Å². The summed E-state index contributed by atoms with van der Waals surface area (Å²) in [6, 6.07) is -4.04. The quantitative estimate of drug-likeness (QED) is 0.140. The normalized spacial score (nSPS) is 21.8. The van der Waals surface area contributed by atoms with Crippen LogP contribution in [0.15, 0.2) is 24.3 Å². The maximum atomic E-state index is 14.6. The van der Waals surface area contributed by atoms with Gasteiger partial charge in [0.05, 0.1) is 12.3 Å². The molecule has 5 atom stereocenters. The number of likely N-dealkylation sites (tertiary alicyclic amines) is 1. The van der Waals surface area contributed by atoms with Crippen LogP contribution in [0.4, 0.5) is 4.79 Å². The molecule has 0 bridgehead atoms. The van der Waals surface area contributed by atoms with Crippen LogP contribution in [0.2, 0.25) is 0 Å². The SMILES string of the molecule is C=CCNC(=O)C(=O)C(CC1CC1)NC(=O)[C@@H]1[C@@H](C=C(C)C)CCN1C(=O)[C@@H](NC(=O)N[C@H](CN(C)S(C)(=O)=O)C(C)(C)C)C1CCCCC1. The largest absolute Gasteiger partial charge is 0.346 e. The molecule has 3 aliphatic rings. The second-order valence-corrected chi connectivity index (χ2v) is 17.8. The number of nitrogens with zero attached hydrogens (tertiary/aromatic N) is 2. The molecule has 2 saturated carbocycles.